The number of hydrogen-bond acceptors (Lipinski definition) is 4. The minimum absolute atomic E-state index is 0.0745. The van der Waals surface area contributed by atoms with Crippen molar-refractivity contribution in [1.29, 1.82) is 0 Å². The van der Waals surface area contributed by atoms with Crippen molar-refractivity contribution in [1.82, 2.24) is 10.6 Å². The molecule has 2 aliphatic rings. The van der Waals surface area contributed by atoms with Gasteiger partial charge < -0.3 is 15.4 Å². The molecule has 0 spiro atoms. The number of amides is 1. The van der Waals surface area contributed by atoms with Crippen LogP contribution in [0.4, 0.5) is 0 Å². The van der Waals surface area contributed by atoms with Gasteiger partial charge in [-0.15, -0.1) is 0 Å². The highest BCUT2D eigenvalue weighted by atomic mass is 16.5. The van der Waals surface area contributed by atoms with Crippen LogP contribution in [0.15, 0.2) is 0 Å². The van der Waals surface area contributed by atoms with Crippen molar-refractivity contribution in [3.63, 3.8) is 0 Å². The molecule has 1 saturated carbocycles. The van der Waals surface area contributed by atoms with E-state index in [0.717, 1.165) is 18.8 Å². The summed E-state index contributed by atoms with van der Waals surface area (Å²) >= 11 is 0. The number of fused-ring (bicyclic) bond motifs is 1. The summed E-state index contributed by atoms with van der Waals surface area (Å²) in [5.41, 5.74) is 0. The number of ether oxygens (including phenoxy) is 1. The van der Waals surface area contributed by atoms with Gasteiger partial charge in [-0.2, -0.15) is 0 Å². The Labute approximate surface area is 120 Å². The van der Waals surface area contributed by atoms with Crippen molar-refractivity contribution < 1.29 is 14.3 Å². The highest BCUT2D eigenvalue weighted by molar-refractivity contribution is 5.87. The molecule has 1 heterocycles. The summed E-state index contributed by atoms with van der Waals surface area (Å²) < 4.78 is 4.90. The van der Waals surface area contributed by atoms with E-state index in [1.54, 1.807) is 13.8 Å². The smallest absolute Gasteiger partial charge is 0.328 e. The second-order valence-corrected chi connectivity index (χ2v) is 5.93. The number of carbonyl (C=O) groups excluding carboxylic acids is 2. The van der Waals surface area contributed by atoms with Crippen LogP contribution >= 0.6 is 0 Å². The topological polar surface area (TPSA) is 67.4 Å². The lowest BCUT2D eigenvalue weighted by Crippen LogP contribution is -2.56. The molecule has 0 aromatic heterocycles. The van der Waals surface area contributed by atoms with Gasteiger partial charge in [-0.25, -0.2) is 4.79 Å². The van der Waals surface area contributed by atoms with E-state index in [1.165, 1.54) is 25.7 Å². The van der Waals surface area contributed by atoms with E-state index < -0.39 is 6.04 Å². The average Bonchev–Trinajstić information content (AvgIpc) is 2.46. The molecule has 114 valence electrons. The Morgan fingerprint density at radius 2 is 2.00 bits per heavy atom. The van der Waals surface area contributed by atoms with E-state index in [9.17, 15) is 9.59 Å². The second kappa shape index (κ2) is 7.07. The maximum atomic E-state index is 12.2. The van der Waals surface area contributed by atoms with E-state index in [4.69, 9.17) is 4.74 Å². The van der Waals surface area contributed by atoms with Crippen molar-refractivity contribution in [2.24, 2.45) is 5.92 Å². The minimum atomic E-state index is -0.576. The van der Waals surface area contributed by atoms with Gasteiger partial charge in [0, 0.05) is 6.04 Å². The molecular formula is C15H26N2O3. The third-order valence-electron chi connectivity index (χ3n) is 4.47. The fraction of sp³-hybridized carbons (Fsp3) is 0.867. The third kappa shape index (κ3) is 3.72. The van der Waals surface area contributed by atoms with E-state index in [2.05, 4.69) is 10.6 Å². The quantitative estimate of drug-likeness (QED) is 0.764. The molecule has 5 heteroatoms. The molecule has 20 heavy (non-hydrogen) atoms. The highest BCUT2D eigenvalue weighted by Crippen LogP contribution is 2.32. The fourth-order valence-electron chi connectivity index (χ4n) is 3.34. The van der Waals surface area contributed by atoms with E-state index >= 15 is 0 Å². The number of piperidine rings is 1. The van der Waals surface area contributed by atoms with Crippen molar-refractivity contribution in [2.75, 3.05) is 6.61 Å². The number of hydrogen-bond donors (Lipinski definition) is 2. The van der Waals surface area contributed by atoms with Crippen molar-refractivity contribution in [3.8, 4) is 0 Å². The largest absolute Gasteiger partial charge is 0.464 e. The lowest BCUT2D eigenvalue weighted by atomic mass is 9.77. The molecule has 1 aliphatic carbocycles. The molecule has 2 fully saturated rings. The van der Waals surface area contributed by atoms with Crippen LogP contribution in [0.3, 0.4) is 0 Å². The molecule has 4 unspecified atom stereocenters. The van der Waals surface area contributed by atoms with Gasteiger partial charge in [-0.3, -0.25) is 4.79 Å². The minimum Gasteiger partial charge on any atom is -0.464 e. The SMILES string of the molecule is CCOC(=O)C(C)NC(=O)C1CCC2CCCCC2N1. The van der Waals surface area contributed by atoms with E-state index in [0.29, 0.717) is 12.6 Å². The van der Waals surface area contributed by atoms with Crippen LogP contribution in [0.1, 0.15) is 52.4 Å². The Kier molecular flexibility index (Phi) is 5.40. The van der Waals surface area contributed by atoms with Gasteiger partial charge in [0.2, 0.25) is 5.91 Å². The summed E-state index contributed by atoms with van der Waals surface area (Å²) in [5, 5.41) is 6.22. The Hall–Kier alpha value is -1.10. The summed E-state index contributed by atoms with van der Waals surface area (Å²) in [7, 11) is 0. The Morgan fingerprint density at radius 1 is 1.25 bits per heavy atom. The molecule has 5 nitrogen and oxygen atoms in total. The molecule has 2 N–H and O–H groups in total. The first-order chi connectivity index (χ1) is 9.61. The Bertz CT molecular complexity index is 359. The lowest BCUT2D eigenvalue weighted by molar-refractivity contribution is -0.147. The van der Waals surface area contributed by atoms with Crippen LogP contribution in [0.25, 0.3) is 0 Å². The van der Waals surface area contributed by atoms with E-state index in [1.807, 2.05) is 0 Å². The Morgan fingerprint density at radius 3 is 2.75 bits per heavy atom. The summed E-state index contributed by atoms with van der Waals surface area (Å²) in [6, 6.07) is -0.259. The molecule has 0 aromatic rings. The first-order valence-electron chi connectivity index (χ1n) is 7.85. The number of nitrogens with one attached hydrogen (secondary N) is 2. The van der Waals surface area contributed by atoms with Crippen molar-refractivity contribution >= 4 is 11.9 Å². The molecule has 1 saturated heterocycles. The maximum Gasteiger partial charge on any atom is 0.328 e. The fourth-order valence-corrected chi connectivity index (χ4v) is 3.34. The van der Waals surface area contributed by atoms with Gasteiger partial charge in [0.25, 0.3) is 0 Å². The normalized spacial score (nSPS) is 31.0. The monoisotopic (exact) mass is 282 g/mol. The summed E-state index contributed by atoms with van der Waals surface area (Å²) in [6.07, 6.45) is 7.00. The van der Waals surface area contributed by atoms with Crippen molar-refractivity contribution in [3.05, 3.63) is 0 Å². The molecule has 4 atom stereocenters. The highest BCUT2D eigenvalue weighted by Gasteiger charge is 2.35. The van der Waals surface area contributed by atoms with Crippen LogP contribution < -0.4 is 10.6 Å². The van der Waals surface area contributed by atoms with Gasteiger partial charge in [0.05, 0.1) is 12.6 Å². The molecule has 1 aliphatic heterocycles. The van der Waals surface area contributed by atoms with Crippen molar-refractivity contribution in [2.45, 2.75) is 70.5 Å². The van der Waals surface area contributed by atoms with Crippen LogP contribution in [0, 0.1) is 5.92 Å². The average molecular weight is 282 g/mol. The third-order valence-corrected chi connectivity index (χ3v) is 4.47. The standard InChI is InChI=1S/C15H26N2O3/c1-3-20-15(19)10(2)16-14(18)13-9-8-11-6-4-5-7-12(11)17-13/h10-13,17H,3-9H2,1-2H3,(H,16,18). The molecule has 2 rings (SSSR count). The van der Waals surface area contributed by atoms with Gasteiger partial charge in [0.1, 0.15) is 6.04 Å². The number of esters is 1. The summed E-state index contributed by atoms with van der Waals surface area (Å²) in [4.78, 5) is 23.7. The van der Waals surface area contributed by atoms with Gasteiger partial charge >= 0.3 is 5.97 Å². The van der Waals surface area contributed by atoms with Crippen LogP contribution in [0.2, 0.25) is 0 Å². The number of carbonyl (C=O) groups is 2. The summed E-state index contributed by atoms with van der Waals surface area (Å²) in [5.74, 6) is 0.289. The lowest BCUT2D eigenvalue weighted by Gasteiger charge is -2.40. The first kappa shape index (κ1) is 15.3. The Balaban J connectivity index is 1.82. The molecular weight excluding hydrogens is 256 g/mol. The van der Waals surface area contributed by atoms with Crippen LogP contribution in [0.5, 0.6) is 0 Å². The predicted molar refractivity (Wildman–Crippen MR) is 76.1 cm³/mol. The number of rotatable bonds is 4. The molecule has 0 aromatic carbocycles. The zero-order valence-electron chi connectivity index (χ0n) is 12.5. The van der Waals surface area contributed by atoms with Gasteiger partial charge in [-0.1, -0.05) is 12.8 Å². The van der Waals surface area contributed by atoms with Crippen LogP contribution in [-0.4, -0.2) is 36.6 Å². The maximum absolute atomic E-state index is 12.2. The first-order valence-corrected chi connectivity index (χ1v) is 7.85. The zero-order chi connectivity index (χ0) is 14.5. The molecule has 0 radical (unpaired) electrons. The molecule has 1 amide bonds. The predicted octanol–water partition coefficient (Wildman–Crippen LogP) is 1.36. The zero-order valence-corrected chi connectivity index (χ0v) is 12.5. The second-order valence-electron chi connectivity index (χ2n) is 5.93. The van der Waals surface area contributed by atoms with Gasteiger partial charge in [0.15, 0.2) is 0 Å². The van der Waals surface area contributed by atoms with E-state index in [-0.39, 0.29) is 17.9 Å². The molecule has 0 bridgehead atoms. The van der Waals surface area contributed by atoms with Crippen LogP contribution in [-0.2, 0) is 14.3 Å². The van der Waals surface area contributed by atoms with Gasteiger partial charge in [-0.05, 0) is 45.4 Å². The summed E-state index contributed by atoms with van der Waals surface area (Å²) in [6.45, 7) is 3.77.